The Hall–Kier alpha value is -1.81. The molecule has 4 heteroatoms. The van der Waals surface area contributed by atoms with Gasteiger partial charge in [-0.2, -0.15) is 0 Å². The van der Waals surface area contributed by atoms with Crippen molar-refractivity contribution in [2.45, 2.75) is 18.9 Å². The predicted molar refractivity (Wildman–Crippen MR) is 64.0 cm³/mol. The molecule has 0 aliphatic rings. The molecule has 94 valence electrons. The molecule has 1 heterocycles. The average molecular weight is 249 g/mol. The minimum Gasteiger partial charge on any atom is -0.392 e. The topological polar surface area (TPSA) is 33.1 Å². The Balaban J connectivity index is 2.03. The van der Waals surface area contributed by atoms with Crippen LogP contribution in [0.3, 0.4) is 0 Å². The summed E-state index contributed by atoms with van der Waals surface area (Å²) in [7, 11) is 0. The first kappa shape index (κ1) is 12.6. The molecule has 0 amide bonds. The minimum atomic E-state index is -0.747. The first-order valence-electron chi connectivity index (χ1n) is 5.66. The Kier molecular flexibility index (Phi) is 3.99. The monoisotopic (exact) mass is 249 g/mol. The molecule has 1 N–H and O–H groups in total. The van der Waals surface area contributed by atoms with E-state index in [1.807, 2.05) is 0 Å². The number of aliphatic hydroxyl groups excluding tert-OH is 1. The van der Waals surface area contributed by atoms with Gasteiger partial charge in [0, 0.05) is 18.8 Å². The first-order valence-corrected chi connectivity index (χ1v) is 5.66. The summed E-state index contributed by atoms with van der Waals surface area (Å²) in [4.78, 5) is 3.87. The maximum atomic E-state index is 13.4. The first-order chi connectivity index (χ1) is 8.65. The van der Waals surface area contributed by atoms with Crippen LogP contribution in [0.25, 0.3) is 0 Å². The number of nitrogens with zero attached hydrogens (tertiary/aromatic N) is 1. The van der Waals surface area contributed by atoms with E-state index in [9.17, 15) is 13.9 Å². The van der Waals surface area contributed by atoms with E-state index in [4.69, 9.17) is 0 Å². The van der Waals surface area contributed by atoms with Gasteiger partial charge in [-0.3, -0.25) is 4.98 Å². The molecule has 1 aromatic heterocycles. The third kappa shape index (κ3) is 3.34. The van der Waals surface area contributed by atoms with Crippen LogP contribution in [0, 0.1) is 11.6 Å². The van der Waals surface area contributed by atoms with Crippen LogP contribution in [0.5, 0.6) is 0 Å². The zero-order chi connectivity index (χ0) is 13.0. The van der Waals surface area contributed by atoms with Gasteiger partial charge in [-0.05, 0) is 47.9 Å². The summed E-state index contributed by atoms with van der Waals surface area (Å²) in [6, 6.07) is 6.82. The minimum absolute atomic E-state index is 0.0892. The van der Waals surface area contributed by atoms with Crippen molar-refractivity contribution in [1.29, 1.82) is 0 Å². The van der Waals surface area contributed by atoms with Crippen LogP contribution in [-0.2, 0) is 12.8 Å². The average Bonchev–Trinajstić information content (AvgIpc) is 2.35. The van der Waals surface area contributed by atoms with Gasteiger partial charge in [0.15, 0.2) is 0 Å². The lowest BCUT2D eigenvalue weighted by Crippen LogP contribution is -2.15. The lowest BCUT2D eigenvalue weighted by molar-refractivity contribution is 0.174. The molecule has 0 saturated carbocycles. The lowest BCUT2D eigenvalue weighted by atomic mass is 10.0. The summed E-state index contributed by atoms with van der Waals surface area (Å²) in [5.74, 6) is -0.993. The fraction of sp³-hybridized carbons (Fsp3) is 0.214. The normalized spacial score (nSPS) is 12.4. The summed E-state index contributed by atoms with van der Waals surface area (Å²) in [6.07, 6.45) is 2.99. The van der Waals surface area contributed by atoms with Gasteiger partial charge in [0.05, 0.1) is 6.10 Å². The molecule has 0 saturated heterocycles. The molecule has 0 aliphatic carbocycles. The van der Waals surface area contributed by atoms with E-state index in [-0.39, 0.29) is 12.0 Å². The molecule has 0 bridgehead atoms. The highest BCUT2D eigenvalue weighted by Crippen LogP contribution is 2.14. The van der Waals surface area contributed by atoms with Gasteiger partial charge >= 0.3 is 0 Å². The molecule has 2 nitrogen and oxygen atoms in total. The van der Waals surface area contributed by atoms with Crippen molar-refractivity contribution in [2.24, 2.45) is 0 Å². The Morgan fingerprint density at radius 1 is 1.06 bits per heavy atom. The number of rotatable bonds is 4. The van der Waals surface area contributed by atoms with Crippen molar-refractivity contribution in [3.05, 3.63) is 65.5 Å². The molecule has 1 atom stereocenters. The Morgan fingerprint density at radius 2 is 1.78 bits per heavy atom. The number of pyridine rings is 1. The summed E-state index contributed by atoms with van der Waals surface area (Å²) in [6.45, 7) is 0. The second-order valence-corrected chi connectivity index (χ2v) is 4.15. The highest BCUT2D eigenvalue weighted by atomic mass is 19.1. The van der Waals surface area contributed by atoms with E-state index in [0.717, 1.165) is 23.8 Å². The van der Waals surface area contributed by atoms with Gasteiger partial charge in [-0.1, -0.05) is 0 Å². The van der Waals surface area contributed by atoms with Crippen LogP contribution >= 0.6 is 0 Å². The van der Waals surface area contributed by atoms with Crippen molar-refractivity contribution in [3.8, 4) is 0 Å². The summed E-state index contributed by atoms with van der Waals surface area (Å²) >= 11 is 0. The van der Waals surface area contributed by atoms with Crippen molar-refractivity contribution in [3.63, 3.8) is 0 Å². The Labute approximate surface area is 104 Å². The molecular weight excluding hydrogens is 236 g/mol. The van der Waals surface area contributed by atoms with Gasteiger partial charge in [0.1, 0.15) is 11.6 Å². The standard InChI is InChI=1S/C14H13F2NO/c15-12-1-2-14(16)11(8-12)9-13(18)7-10-3-5-17-6-4-10/h1-6,8,13,18H,7,9H2. The van der Waals surface area contributed by atoms with Crippen LogP contribution in [-0.4, -0.2) is 16.2 Å². The van der Waals surface area contributed by atoms with Crippen LogP contribution in [0.15, 0.2) is 42.7 Å². The number of hydrogen-bond acceptors (Lipinski definition) is 2. The van der Waals surface area contributed by atoms with Crippen molar-refractivity contribution in [1.82, 2.24) is 4.98 Å². The molecule has 1 unspecified atom stereocenters. The quantitative estimate of drug-likeness (QED) is 0.903. The number of benzene rings is 1. The smallest absolute Gasteiger partial charge is 0.126 e. The fourth-order valence-electron chi connectivity index (χ4n) is 1.82. The Morgan fingerprint density at radius 3 is 2.50 bits per heavy atom. The SMILES string of the molecule is OC(Cc1ccncc1)Cc1cc(F)ccc1F. The van der Waals surface area contributed by atoms with E-state index in [0.29, 0.717) is 6.42 Å². The highest BCUT2D eigenvalue weighted by Gasteiger charge is 2.11. The summed E-state index contributed by atoms with van der Waals surface area (Å²) < 4.78 is 26.3. The molecule has 0 spiro atoms. The van der Waals surface area contributed by atoms with E-state index in [1.54, 1.807) is 24.5 Å². The molecule has 18 heavy (non-hydrogen) atoms. The fourth-order valence-corrected chi connectivity index (χ4v) is 1.82. The van der Waals surface area contributed by atoms with Crippen LogP contribution in [0.4, 0.5) is 8.78 Å². The molecule has 0 aliphatic heterocycles. The number of halogens is 2. The van der Waals surface area contributed by atoms with E-state index >= 15 is 0 Å². The molecular formula is C14H13F2NO. The maximum absolute atomic E-state index is 13.4. The van der Waals surface area contributed by atoms with Gasteiger partial charge < -0.3 is 5.11 Å². The summed E-state index contributed by atoms with van der Waals surface area (Å²) in [5, 5.41) is 9.86. The van der Waals surface area contributed by atoms with Crippen molar-refractivity contribution in [2.75, 3.05) is 0 Å². The molecule has 1 aromatic carbocycles. The third-order valence-electron chi connectivity index (χ3n) is 2.68. The number of aliphatic hydroxyl groups is 1. The highest BCUT2D eigenvalue weighted by molar-refractivity contribution is 5.20. The van der Waals surface area contributed by atoms with Gasteiger partial charge in [0.25, 0.3) is 0 Å². The van der Waals surface area contributed by atoms with Gasteiger partial charge in [-0.25, -0.2) is 8.78 Å². The van der Waals surface area contributed by atoms with Crippen LogP contribution < -0.4 is 0 Å². The van der Waals surface area contributed by atoms with Crippen molar-refractivity contribution >= 4 is 0 Å². The lowest BCUT2D eigenvalue weighted by Gasteiger charge is -2.11. The van der Waals surface area contributed by atoms with E-state index in [1.165, 1.54) is 0 Å². The van der Waals surface area contributed by atoms with Crippen LogP contribution in [0.1, 0.15) is 11.1 Å². The molecule has 2 aromatic rings. The zero-order valence-corrected chi connectivity index (χ0v) is 9.68. The second-order valence-electron chi connectivity index (χ2n) is 4.15. The van der Waals surface area contributed by atoms with E-state index in [2.05, 4.69) is 4.98 Å². The third-order valence-corrected chi connectivity index (χ3v) is 2.68. The number of hydrogen-bond donors (Lipinski definition) is 1. The molecule has 2 rings (SSSR count). The van der Waals surface area contributed by atoms with Gasteiger partial charge in [-0.15, -0.1) is 0 Å². The maximum Gasteiger partial charge on any atom is 0.126 e. The van der Waals surface area contributed by atoms with E-state index < -0.39 is 17.7 Å². The second kappa shape index (κ2) is 5.69. The predicted octanol–water partition coefficient (Wildman–Crippen LogP) is 2.51. The van der Waals surface area contributed by atoms with Crippen LogP contribution in [0.2, 0.25) is 0 Å². The Bertz CT molecular complexity index is 516. The molecule has 0 fully saturated rings. The largest absolute Gasteiger partial charge is 0.392 e. The number of aromatic nitrogens is 1. The van der Waals surface area contributed by atoms with Gasteiger partial charge in [0.2, 0.25) is 0 Å². The zero-order valence-electron chi connectivity index (χ0n) is 9.68. The molecule has 0 radical (unpaired) electrons. The summed E-state index contributed by atoms with van der Waals surface area (Å²) in [5.41, 5.74) is 1.10. The van der Waals surface area contributed by atoms with Crippen molar-refractivity contribution < 1.29 is 13.9 Å².